The molecule has 33 heavy (non-hydrogen) atoms. The van der Waals surface area contributed by atoms with Crippen molar-refractivity contribution >= 4 is 29.6 Å². The number of phenolic OH excluding ortho intramolecular Hbond substituents is 1. The lowest BCUT2D eigenvalue weighted by Crippen LogP contribution is -2.31. The second-order valence-corrected chi connectivity index (χ2v) is 9.56. The van der Waals surface area contributed by atoms with Gasteiger partial charge < -0.3 is 10.4 Å². The van der Waals surface area contributed by atoms with E-state index in [9.17, 15) is 19.5 Å². The topological polar surface area (TPSA) is 121 Å². The summed E-state index contributed by atoms with van der Waals surface area (Å²) in [5.41, 5.74) is 1.72. The summed E-state index contributed by atoms with van der Waals surface area (Å²) in [5.74, 6) is 0.145. The second-order valence-electron chi connectivity index (χ2n) is 9.56. The van der Waals surface area contributed by atoms with E-state index in [-0.39, 0.29) is 48.0 Å². The fourth-order valence-corrected chi connectivity index (χ4v) is 3.52. The van der Waals surface area contributed by atoms with E-state index in [0.717, 1.165) is 23.3 Å². The van der Waals surface area contributed by atoms with Gasteiger partial charge in [0.25, 0.3) is 11.8 Å². The molecule has 0 radical (unpaired) electrons. The van der Waals surface area contributed by atoms with Crippen LogP contribution >= 0.6 is 0 Å². The Labute approximate surface area is 195 Å². The number of amides is 3. The molecule has 0 saturated heterocycles. The number of anilines is 1. The Bertz CT molecular complexity index is 892. The van der Waals surface area contributed by atoms with E-state index in [4.69, 9.17) is 9.59 Å². The number of phenols is 1. The number of hydrogen-bond acceptors (Lipinski definition) is 6. The summed E-state index contributed by atoms with van der Waals surface area (Å²) in [5, 5.41) is 12.9. The maximum absolute atomic E-state index is 12.3. The number of nitrogens with zero attached hydrogens (tertiary/aromatic N) is 1. The molecule has 0 aliphatic carbocycles. The van der Waals surface area contributed by atoms with Crippen LogP contribution in [0.25, 0.3) is 0 Å². The quantitative estimate of drug-likeness (QED) is 0.430. The first-order valence-corrected chi connectivity index (χ1v) is 11.0. The van der Waals surface area contributed by atoms with E-state index in [1.54, 1.807) is 6.07 Å². The van der Waals surface area contributed by atoms with Crippen LogP contribution in [0.5, 0.6) is 5.75 Å². The second kappa shape index (κ2) is 12.7. The van der Waals surface area contributed by atoms with Crippen LogP contribution in [0.3, 0.4) is 0 Å². The molecule has 0 fully saturated rings. The molecule has 2 rings (SSSR count). The predicted molar refractivity (Wildman–Crippen MR) is 123 cm³/mol. The van der Waals surface area contributed by atoms with Gasteiger partial charge in [0.15, 0.2) is 0 Å². The highest BCUT2D eigenvalue weighted by atomic mass is 16.3. The Morgan fingerprint density at radius 2 is 1.70 bits per heavy atom. The number of aromatic hydroxyl groups is 1. The summed E-state index contributed by atoms with van der Waals surface area (Å²) >= 11 is 0. The molecule has 1 heterocycles. The van der Waals surface area contributed by atoms with E-state index in [1.807, 2.05) is 12.1 Å². The highest BCUT2D eigenvalue weighted by Gasteiger charge is 2.23. The van der Waals surface area contributed by atoms with Crippen molar-refractivity contribution in [2.45, 2.75) is 60.3 Å². The molecule has 0 aromatic heterocycles. The SMILES string of the molecule is CC(C[C@@H](C)Cc1ccc(O)c(NC(=O)CCCN2C(=O)C=CC2=O)c1)C(C)(C)C.O=C=O. The van der Waals surface area contributed by atoms with E-state index < -0.39 is 0 Å². The molecule has 0 spiro atoms. The highest BCUT2D eigenvalue weighted by Crippen LogP contribution is 2.32. The van der Waals surface area contributed by atoms with Gasteiger partial charge in [0.2, 0.25) is 5.91 Å². The largest absolute Gasteiger partial charge is 0.506 e. The molecule has 2 N–H and O–H groups in total. The van der Waals surface area contributed by atoms with Crippen molar-refractivity contribution < 1.29 is 29.1 Å². The normalized spacial score (nSPS) is 14.9. The lowest BCUT2D eigenvalue weighted by atomic mass is 9.76. The molecule has 180 valence electrons. The van der Waals surface area contributed by atoms with Crippen LogP contribution in [0.1, 0.15) is 59.4 Å². The van der Waals surface area contributed by atoms with Crippen molar-refractivity contribution in [2.24, 2.45) is 17.3 Å². The van der Waals surface area contributed by atoms with Crippen molar-refractivity contribution in [2.75, 3.05) is 11.9 Å². The van der Waals surface area contributed by atoms with Crippen molar-refractivity contribution in [1.82, 2.24) is 4.90 Å². The number of hydrogen-bond donors (Lipinski definition) is 2. The molecule has 8 nitrogen and oxygen atoms in total. The maximum Gasteiger partial charge on any atom is 0.373 e. The summed E-state index contributed by atoms with van der Waals surface area (Å²) in [6.07, 6.45) is 5.21. The van der Waals surface area contributed by atoms with E-state index in [1.165, 1.54) is 12.2 Å². The van der Waals surface area contributed by atoms with Crippen LogP contribution in [-0.2, 0) is 30.4 Å². The minimum absolute atomic E-state index is 0.0249. The average Bonchev–Trinajstić information content (AvgIpc) is 3.02. The van der Waals surface area contributed by atoms with Crippen LogP contribution in [0.4, 0.5) is 5.69 Å². The van der Waals surface area contributed by atoms with Gasteiger partial charge in [-0.3, -0.25) is 19.3 Å². The number of nitrogens with one attached hydrogen (secondary N) is 1. The zero-order valence-electron chi connectivity index (χ0n) is 20.0. The lowest BCUT2D eigenvalue weighted by molar-refractivity contribution is -0.191. The van der Waals surface area contributed by atoms with Crippen molar-refractivity contribution in [3.05, 3.63) is 35.9 Å². The van der Waals surface area contributed by atoms with Crippen molar-refractivity contribution in [1.29, 1.82) is 0 Å². The van der Waals surface area contributed by atoms with E-state index >= 15 is 0 Å². The third kappa shape index (κ3) is 9.41. The molecule has 1 unspecified atom stereocenters. The highest BCUT2D eigenvalue weighted by molar-refractivity contribution is 6.12. The Hall–Kier alpha value is -3.25. The summed E-state index contributed by atoms with van der Waals surface area (Å²) < 4.78 is 0. The van der Waals surface area contributed by atoms with Gasteiger partial charge in [-0.25, -0.2) is 0 Å². The smallest absolute Gasteiger partial charge is 0.373 e. The lowest BCUT2D eigenvalue weighted by Gasteiger charge is -2.29. The van der Waals surface area contributed by atoms with Crippen LogP contribution < -0.4 is 5.32 Å². The molecule has 0 saturated carbocycles. The summed E-state index contributed by atoms with van der Waals surface area (Å²) in [6, 6.07) is 5.32. The molecular formula is C25H34N2O6. The van der Waals surface area contributed by atoms with Gasteiger partial charge in [0.05, 0.1) is 5.69 Å². The standard InChI is InChI=1S/C24H34N2O4.CO2/c1-16(13-17(2)24(3,4)5)14-18-8-9-20(27)19(15-18)25-21(28)7-6-12-26-22(29)10-11-23(26)30;2-1-3/h8-11,15-17,27H,6-7,12-14H2,1-5H3,(H,25,28);/t16-,17?;/m1./s1. The molecule has 1 aromatic rings. The molecule has 0 bridgehead atoms. The Morgan fingerprint density at radius 1 is 1.12 bits per heavy atom. The van der Waals surface area contributed by atoms with Crippen molar-refractivity contribution in [3.8, 4) is 5.75 Å². The first-order valence-electron chi connectivity index (χ1n) is 11.0. The third-order valence-corrected chi connectivity index (χ3v) is 5.84. The summed E-state index contributed by atoms with van der Waals surface area (Å²) in [4.78, 5) is 52.7. The van der Waals surface area contributed by atoms with Gasteiger partial charge in [-0.2, -0.15) is 9.59 Å². The molecule has 3 amide bonds. The maximum atomic E-state index is 12.3. The fourth-order valence-electron chi connectivity index (χ4n) is 3.52. The zero-order valence-corrected chi connectivity index (χ0v) is 20.0. The number of rotatable bonds is 9. The zero-order chi connectivity index (χ0) is 25.2. The van der Waals surface area contributed by atoms with Gasteiger partial charge in [0.1, 0.15) is 5.75 Å². The fraction of sp³-hybridized carbons (Fsp3) is 0.520. The average molecular weight is 459 g/mol. The number of benzene rings is 1. The molecular weight excluding hydrogens is 424 g/mol. The Kier molecular flexibility index (Phi) is 10.7. The predicted octanol–water partition coefficient (Wildman–Crippen LogP) is 3.70. The van der Waals surface area contributed by atoms with Crippen LogP contribution in [0, 0.1) is 17.3 Å². The first-order chi connectivity index (χ1) is 15.4. The number of carbonyl (C=O) groups is 3. The number of carbonyl (C=O) groups excluding carboxylic acids is 5. The van der Waals surface area contributed by atoms with Gasteiger partial charge in [-0.1, -0.05) is 40.7 Å². The summed E-state index contributed by atoms with van der Waals surface area (Å²) in [6.45, 7) is 11.5. The minimum atomic E-state index is -0.347. The number of imide groups is 1. The van der Waals surface area contributed by atoms with Crippen molar-refractivity contribution in [3.63, 3.8) is 0 Å². The molecule has 2 atom stereocenters. The summed E-state index contributed by atoms with van der Waals surface area (Å²) in [7, 11) is 0. The molecule has 1 aromatic carbocycles. The minimum Gasteiger partial charge on any atom is -0.506 e. The van der Waals surface area contributed by atoms with Crippen LogP contribution in [0.15, 0.2) is 30.4 Å². The van der Waals surface area contributed by atoms with E-state index in [2.05, 4.69) is 39.9 Å². The molecule has 1 aliphatic rings. The van der Waals surface area contributed by atoms with Crippen LogP contribution in [0.2, 0.25) is 0 Å². The third-order valence-electron chi connectivity index (χ3n) is 5.84. The first kappa shape index (κ1) is 27.8. The van der Waals surface area contributed by atoms with Gasteiger partial charge in [-0.05, 0) is 54.2 Å². The monoisotopic (exact) mass is 458 g/mol. The van der Waals surface area contributed by atoms with Gasteiger partial charge >= 0.3 is 6.15 Å². The van der Waals surface area contributed by atoms with Gasteiger partial charge in [-0.15, -0.1) is 0 Å². The molecule has 1 aliphatic heterocycles. The molecule has 8 heteroatoms. The van der Waals surface area contributed by atoms with E-state index in [0.29, 0.717) is 23.9 Å². The Balaban J connectivity index is 0.00000172. The van der Waals surface area contributed by atoms with Gasteiger partial charge in [0, 0.05) is 25.1 Å². The Morgan fingerprint density at radius 3 is 2.24 bits per heavy atom. The van der Waals surface area contributed by atoms with Crippen LogP contribution in [-0.4, -0.2) is 40.4 Å².